The van der Waals surface area contributed by atoms with E-state index in [0.717, 1.165) is 11.0 Å². The number of nitrogens with one attached hydrogen (secondary N) is 1. The van der Waals surface area contributed by atoms with Gasteiger partial charge in [-0.25, -0.2) is 0 Å². The Morgan fingerprint density at radius 1 is 1.59 bits per heavy atom. The molecule has 0 radical (unpaired) electrons. The van der Waals surface area contributed by atoms with Crippen molar-refractivity contribution in [3.05, 3.63) is 22.4 Å². The van der Waals surface area contributed by atoms with E-state index in [0.29, 0.717) is 18.9 Å². The summed E-state index contributed by atoms with van der Waals surface area (Å²) in [6, 6.07) is 1.84. The molecule has 4 nitrogen and oxygen atoms in total. The Balaban J connectivity index is 2.62. The van der Waals surface area contributed by atoms with Crippen molar-refractivity contribution in [2.45, 2.75) is 33.4 Å². The molecular formula is C12H19BrN2O2. The maximum absolute atomic E-state index is 12.0. The maximum atomic E-state index is 12.0. The number of carbonyl (C=O) groups is 1. The zero-order valence-corrected chi connectivity index (χ0v) is 12.1. The summed E-state index contributed by atoms with van der Waals surface area (Å²) in [6.45, 7) is 7.85. The SMILES string of the molecule is CCOCC(C)NC(=O)c1cc(Br)cn1CC. The summed E-state index contributed by atoms with van der Waals surface area (Å²) in [6.07, 6.45) is 1.90. The van der Waals surface area contributed by atoms with Crippen LogP contribution in [-0.2, 0) is 11.3 Å². The molecule has 0 aliphatic carbocycles. The van der Waals surface area contributed by atoms with Gasteiger partial charge in [-0.3, -0.25) is 4.79 Å². The van der Waals surface area contributed by atoms with Crippen LogP contribution in [0.2, 0.25) is 0 Å². The fourth-order valence-corrected chi connectivity index (χ4v) is 2.02. The van der Waals surface area contributed by atoms with Crippen molar-refractivity contribution in [1.29, 1.82) is 0 Å². The Kier molecular flexibility index (Phi) is 5.71. The largest absolute Gasteiger partial charge is 0.380 e. The number of carbonyl (C=O) groups excluding carboxylic acids is 1. The van der Waals surface area contributed by atoms with Crippen LogP contribution in [0.15, 0.2) is 16.7 Å². The second-order valence-electron chi connectivity index (χ2n) is 3.86. The summed E-state index contributed by atoms with van der Waals surface area (Å²) in [5, 5.41) is 2.91. The van der Waals surface area contributed by atoms with Crippen molar-refractivity contribution >= 4 is 21.8 Å². The topological polar surface area (TPSA) is 43.3 Å². The van der Waals surface area contributed by atoms with Gasteiger partial charge in [0.15, 0.2) is 0 Å². The number of hydrogen-bond donors (Lipinski definition) is 1. The lowest BCUT2D eigenvalue weighted by Crippen LogP contribution is -2.36. The Bertz CT molecular complexity index is 377. The molecule has 1 rings (SSSR count). The number of rotatable bonds is 6. The number of nitrogens with zero attached hydrogens (tertiary/aromatic N) is 1. The molecule has 1 aromatic heterocycles. The molecule has 96 valence electrons. The van der Waals surface area contributed by atoms with Gasteiger partial charge in [-0.1, -0.05) is 0 Å². The molecular weight excluding hydrogens is 284 g/mol. The van der Waals surface area contributed by atoms with Crippen LogP contribution < -0.4 is 5.32 Å². The Labute approximate surface area is 110 Å². The van der Waals surface area contributed by atoms with Gasteiger partial charge >= 0.3 is 0 Å². The monoisotopic (exact) mass is 302 g/mol. The fourth-order valence-electron chi connectivity index (χ4n) is 1.56. The predicted octanol–water partition coefficient (Wildman–Crippen LogP) is 2.43. The number of amides is 1. The third kappa shape index (κ3) is 4.16. The Hall–Kier alpha value is -0.810. The highest BCUT2D eigenvalue weighted by Crippen LogP contribution is 2.15. The van der Waals surface area contributed by atoms with Crippen LogP contribution >= 0.6 is 15.9 Å². The molecule has 17 heavy (non-hydrogen) atoms. The highest BCUT2D eigenvalue weighted by atomic mass is 79.9. The molecule has 0 aliphatic heterocycles. The van der Waals surface area contributed by atoms with Crippen molar-refractivity contribution in [2.24, 2.45) is 0 Å². The van der Waals surface area contributed by atoms with Gasteiger partial charge < -0.3 is 14.6 Å². The standard InChI is InChI=1S/C12H19BrN2O2/c1-4-15-7-10(13)6-11(15)12(16)14-9(3)8-17-5-2/h6-7,9H,4-5,8H2,1-3H3,(H,14,16). The van der Waals surface area contributed by atoms with Gasteiger partial charge in [-0.2, -0.15) is 0 Å². The first-order valence-corrected chi connectivity index (χ1v) is 6.62. The third-order valence-electron chi connectivity index (χ3n) is 2.39. The lowest BCUT2D eigenvalue weighted by Gasteiger charge is -2.14. The van der Waals surface area contributed by atoms with Crippen molar-refractivity contribution in [3.63, 3.8) is 0 Å². The van der Waals surface area contributed by atoms with Gasteiger partial charge in [0, 0.05) is 29.9 Å². The van der Waals surface area contributed by atoms with E-state index in [1.54, 1.807) is 0 Å². The van der Waals surface area contributed by atoms with Gasteiger partial charge in [0.1, 0.15) is 5.69 Å². The van der Waals surface area contributed by atoms with Crippen molar-refractivity contribution in [1.82, 2.24) is 9.88 Å². The van der Waals surface area contributed by atoms with Crippen LogP contribution in [0.3, 0.4) is 0 Å². The molecule has 0 saturated carbocycles. The minimum Gasteiger partial charge on any atom is -0.380 e. The summed E-state index contributed by atoms with van der Waals surface area (Å²) < 4.78 is 8.09. The highest BCUT2D eigenvalue weighted by Gasteiger charge is 2.14. The first kappa shape index (κ1) is 14.3. The Morgan fingerprint density at radius 3 is 2.88 bits per heavy atom. The lowest BCUT2D eigenvalue weighted by molar-refractivity contribution is 0.0863. The fraction of sp³-hybridized carbons (Fsp3) is 0.583. The molecule has 0 aromatic carbocycles. The van der Waals surface area contributed by atoms with Crippen molar-refractivity contribution in [2.75, 3.05) is 13.2 Å². The van der Waals surface area contributed by atoms with E-state index in [-0.39, 0.29) is 11.9 Å². The van der Waals surface area contributed by atoms with Crippen LogP contribution in [0.4, 0.5) is 0 Å². The average Bonchev–Trinajstić information content (AvgIpc) is 2.67. The zero-order valence-electron chi connectivity index (χ0n) is 10.5. The summed E-state index contributed by atoms with van der Waals surface area (Å²) in [5.41, 5.74) is 0.669. The number of ether oxygens (including phenoxy) is 1. The molecule has 1 aromatic rings. The van der Waals surface area contributed by atoms with E-state index >= 15 is 0 Å². The number of hydrogen-bond acceptors (Lipinski definition) is 2. The summed E-state index contributed by atoms with van der Waals surface area (Å²) in [4.78, 5) is 12.0. The van der Waals surface area contributed by atoms with Crippen LogP contribution in [0, 0.1) is 0 Å². The molecule has 1 N–H and O–H groups in total. The molecule has 0 aliphatic rings. The van der Waals surface area contributed by atoms with Crippen LogP contribution in [0.1, 0.15) is 31.3 Å². The van der Waals surface area contributed by atoms with Crippen LogP contribution in [-0.4, -0.2) is 29.7 Å². The van der Waals surface area contributed by atoms with E-state index in [2.05, 4.69) is 21.2 Å². The van der Waals surface area contributed by atoms with Crippen molar-refractivity contribution in [3.8, 4) is 0 Å². The summed E-state index contributed by atoms with van der Waals surface area (Å²) in [5.74, 6) is -0.0650. The first-order chi connectivity index (χ1) is 8.08. The molecule has 5 heteroatoms. The molecule has 1 heterocycles. The molecule has 0 bridgehead atoms. The minimum absolute atomic E-state index is 0.0152. The normalized spacial score (nSPS) is 12.5. The van der Waals surface area contributed by atoms with E-state index < -0.39 is 0 Å². The smallest absolute Gasteiger partial charge is 0.268 e. The van der Waals surface area contributed by atoms with Crippen LogP contribution in [0.5, 0.6) is 0 Å². The first-order valence-electron chi connectivity index (χ1n) is 5.82. The zero-order chi connectivity index (χ0) is 12.8. The second-order valence-corrected chi connectivity index (χ2v) is 4.78. The Morgan fingerprint density at radius 2 is 2.29 bits per heavy atom. The molecule has 0 saturated heterocycles. The lowest BCUT2D eigenvalue weighted by atomic mass is 10.3. The van der Waals surface area contributed by atoms with E-state index in [9.17, 15) is 4.79 Å². The molecule has 1 unspecified atom stereocenters. The molecule has 0 spiro atoms. The predicted molar refractivity (Wildman–Crippen MR) is 71.2 cm³/mol. The quantitative estimate of drug-likeness (QED) is 0.877. The van der Waals surface area contributed by atoms with E-state index in [1.807, 2.05) is 37.6 Å². The highest BCUT2D eigenvalue weighted by molar-refractivity contribution is 9.10. The minimum atomic E-state index is -0.0650. The molecule has 1 atom stereocenters. The average molecular weight is 303 g/mol. The van der Waals surface area contributed by atoms with E-state index in [4.69, 9.17) is 4.74 Å². The molecule has 1 amide bonds. The van der Waals surface area contributed by atoms with Gasteiger partial charge in [0.2, 0.25) is 0 Å². The van der Waals surface area contributed by atoms with E-state index in [1.165, 1.54) is 0 Å². The van der Waals surface area contributed by atoms with Gasteiger partial charge in [0.05, 0.1) is 6.61 Å². The second kappa shape index (κ2) is 6.81. The van der Waals surface area contributed by atoms with Gasteiger partial charge in [-0.15, -0.1) is 0 Å². The van der Waals surface area contributed by atoms with Gasteiger partial charge in [0.25, 0.3) is 5.91 Å². The third-order valence-corrected chi connectivity index (χ3v) is 2.82. The van der Waals surface area contributed by atoms with Gasteiger partial charge in [-0.05, 0) is 42.8 Å². The van der Waals surface area contributed by atoms with Crippen molar-refractivity contribution < 1.29 is 9.53 Å². The summed E-state index contributed by atoms with van der Waals surface area (Å²) >= 11 is 3.37. The van der Waals surface area contributed by atoms with Crippen LogP contribution in [0.25, 0.3) is 0 Å². The maximum Gasteiger partial charge on any atom is 0.268 e. The number of aryl methyl sites for hydroxylation is 1. The molecule has 0 fully saturated rings. The number of halogens is 1. The number of aromatic nitrogens is 1. The summed E-state index contributed by atoms with van der Waals surface area (Å²) in [7, 11) is 0.